The molecule has 1 aliphatic heterocycles. The van der Waals surface area contributed by atoms with Crippen molar-refractivity contribution in [1.82, 2.24) is 21.1 Å². The Kier molecular flexibility index (Phi) is 3.84. The number of aliphatic imine (C=N–C) groups is 1. The molecule has 0 aliphatic carbocycles. The van der Waals surface area contributed by atoms with E-state index >= 15 is 0 Å². The fraction of sp³-hybridized carbons (Fsp3) is 0.571. The number of hydrogen-bond acceptors (Lipinski definition) is 6. The van der Waals surface area contributed by atoms with E-state index in [1.807, 2.05) is 19.0 Å². The van der Waals surface area contributed by atoms with Gasteiger partial charge >= 0.3 is 0 Å². The van der Waals surface area contributed by atoms with Gasteiger partial charge in [0, 0.05) is 20.1 Å². The average molecular weight is 219 g/mol. The molecule has 0 radical (unpaired) electrons. The molecule has 0 atom stereocenters. The minimum atomic E-state index is 0.289. The van der Waals surface area contributed by atoms with Crippen molar-refractivity contribution in [2.75, 3.05) is 27.2 Å². The van der Waals surface area contributed by atoms with Gasteiger partial charge in [-0.05, 0) is 7.05 Å². The van der Waals surface area contributed by atoms with Crippen molar-refractivity contribution in [3.8, 4) is 0 Å². The van der Waals surface area contributed by atoms with Gasteiger partial charge in [0.05, 0.1) is 0 Å². The van der Waals surface area contributed by atoms with E-state index in [0.717, 1.165) is 13.1 Å². The van der Waals surface area contributed by atoms with Crippen molar-refractivity contribution in [2.45, 2.75) is 0 Å². The van der Waals surface area contributed by atoms with Crippen LogP contribution in [0.4, 0.5) is 0 Å². The Morgan fingerprint density at radius 2 is 2.29 bits per heavy atom. The van der Waals surface area contributed by atoms with Crippen molar-refractivity contribution < 1.29 is 0 Å². The SMILES string of the molecule is CNCCN(C)C1=NC(N)=C(Cl)NN1. The Morgan fingerprint density at radius 3 is 2.86 bits per heavy atom. The van der Waals surface area contributed by atoms with E-state index in [1.54, 1.807) is 0 Å². The molecule has 7 heteroatoms. The van der Waals surface area contributed by atoms with Crippen LogP contribution in [0.1, 0.15) is 0 Å². The summed E-state index contributed by atoms with van der Waals surface area (Å²) in [6, 6.07) is 0. The van der Waals surface area contributed by atoms with Crippen LogP contribution in [0.3, 0.4) is 0 Å². The van der Waals surface area contributed by atoms with E-state index in [1.165, 1.54) is 0 Å². The van der Waals surface area contributed by atoms with Gasteiger partial charge in [-0.2, -0.15) is 4.99 Å². The smallest absolute Gasteiger partial charge is 0.219 e. The lowest BCUT2D eigenvalue weighted by molar-refractivity contribution is 0.464. The van der Waals surface area contributed by atoms with Gasteiger partial charge in [-0.15, -0.1) is 0 Å². The number of nitrogens with two attached hydrogens (primary N) is 1. The maximum atomic E-state index is 5.68. The van der Waals surface area contributed by atoms with Crippen LogP contribution in [-0.4, -0.2) is 38.0 Å². The zero-order chi connectivity index (χ0) is 10.6. The zero-order valence-electron chi connectivity index (χ0n) is 8.26. The van der Waals surface area contributed by atoms with Gasteiger partial charge < -0.3 is 16.0 Å². The second-order valence-electron chi connectivity index (χ2n) is 2.91. The maximum Gasteiger partial charge on any atom is 0.219 e. The number of hydrazine groups is 1. The maximum absolute atomic E-state index is 5.68. The molecule has 0 saturated carbocycles. The fourth-order valence-electron chi connectivity index (χ4n) is 0.932. The number of nitrogens with zero attached hydrogens (tertiary/aromatic N) is 2. The van der Waals surface area contributed by atoms with Gasteiger partial charge in [-0.1, -0.05) is 11.6 Å². The Hall–Kier alpha value is -1.14. The van der Waals surface area contributed by atoms with Gasteiger partial charge in [0.25, 0.3) is 0 Å². The topological polar surface area (TPSA) is 77.7 Å². The lowest BCUT2D eigenvalue weighted by Crippen LogP contribution is -2.49. The Bertz CT molecular complexity index is 261. The van der Waals surface area contributed by atoms with E-state index < -0.39 is 0 Å². The van der Waals surface area contributed by atoms with Crippen molar-refractivity contribution in [1.29, 1.82) is 0 Å². The van der Waals surface area contributed by atoms with Crippen LogP contribution in [0.5, 0.6) is 0 Å². The first-order valence-electron chi connectivity index (χ1n) is 4.27. The molecule has 0 spiro atoms. The molecule has 0 saturated heterocycles. The molecule has 0 aromatic rings. The molecule has 1 heterocycles. The third-order valence-electron chi connectivity index (χ3n) is 1.79. The third kappa shape index (κ3) is 2.68. The van der Waals surface area contributed by atoms with Crippen LogP contribution in [0.25, 0.3) is 0 Å². The highest BCUT2D eigenvalue weighted by molar-refractivity contribution is 6.29. The molecule has 0 bridgehead atoms. The predicted octanol–water partition coefficient (Wildman–Crippen LogP) is -1.07. The van der Waals surface area contributed by atoms with Crippen LogP contribution >= 0.6 is 11.6 Å². The number of guanidine groups is 1. The minimum Gasteiger partial charge on any atom is -0.381 e. The number of halogens is 1. The van der Waals surface area contributed by atoms with E-state index in [-0.39, 0.29) is 5.82 Å². The van der Waals surface area contributed by atoms with Crippen molar-refractivity contribution in [3.63, 3.8) is 0 Å². The van der Waals surface area contributed by atoms with Crippen LogP contribution in [0.15, 0.2) is 16.0 Å². The lowest BCUT2D eigenvalue weighted by Gasteiger charge is -2.25. The van der Waals surface area contributed by atoms with E-state index in [0.29, 0.717) is 11.1 Å². The quantitative estimate of drug-likeness (QED) is 0.454. The lowest BCUT2D eigenvalue weighted by atomic mass is 10.5. The average Bonchev–Trinajstić information content (AvgIpc) is 2.18. The molecule has 80 valence electrons. The van der Waals surface area contributed by atoms with Crippen molar-refractivity contribution in [3.05, 3.63) is 11.0 Å². The molecule has 5 N–H and O–H groups in total. The Balaban J connectivity index is 2.57. The molecule has 14 heavy (non-hydrogen) atoms. The van der Waals surface area contributed by atoms with Crippen molar-refractivity contribution >= 4 is 17.6 Å². The second-order valence-corrected chi connectivity index (χ2v) is 3.29. The molecule has 0 aromatic carbocycles. The summed E-state index contributed by atoms with van der Waals surface area (Å²) in [5.41, 5.74) is 11.1. The summed E-state index contributed by atoms with van der Waals surface area (Å²) in [6.07, 6.45) is 0. The molecule has 0 aromatic heterocycles. The number of nitrogens with one attached hydrogen (secondary N) is 3. The van der Waals surface area contributed by atoms with Crippen LogP contribution in [-0.2, 0) is 0 Å². The molecular weight excluding hydrogens is 204 g/mol. The first-order valence-corrected chi connectivity index (χ1v) is 4.64. The molecule has 6 nitrogen and oxygen atoms in total. The Labute approximate surface area is 88.2 Å². The number of hydrogen-bond donors (Lipinski definition) is 4. The summed E-state index contributed by atoms with van der Waals surface area (Å²) in [6.45, 7) is 1.70. The highest BCUT2D eigenvalue weighted by Crippen LogP contribution is 2.05. The van der Waals surface area contributed by atoms with Crippen LogP contribution in [0, 0.1) is 0 Å². The van der Waals surface area contributed by atoms with Gasteiger partial charge in [0.15, 0.2) is 11.0 Å². The first-order chi connectivity index (χ1) is 6.65. The second kappa shape index (κ2) is 4.92. The van der Waals surface area contributed by atoms with E-state index in [4.69, 9.17) is 17.3 Å². The van der Waals surface area contributed by atoms with E-state index in [9.17, 15) is 0 Å². The van der Waals surface area contributed by atoms with Gasteiger partial charge in [0.2, 0.25) is 5.96 Å². The molecule has 1 rings (SSSR count). The molecular formula is C7H15ClN6. The van der Waals surface area contributed by atoms with Crippen LogP contribution < -0.4 is 21.9 Å². The number of rotatable bonds is 3. The summed E-state index contributed by atoms with van der Waals surface area (Å²) < 4.78 is 0. The summed E-state index contributed by atoms with van der Waals surface area (Å²) >= 11 is 5.68. The highest BCUT2D eigenvalue weighted by Gasteiger charge is 2.12. The largest absolute Gasteiger partial charge is 0.381 e. The normalized spacial score (nSPS) is 15.8. The first kappa shape index (κ1) is 10.9. The molecule has 1 aliphatic rings. The predicted molar refractivity (Wildman–Crippen MR) is 57.3 cm³/mol. The molecule has 0 fully saturated rings. The summed E-state index contributed by atoms with van der Waals surface area (Å²) in [5.74, 6) is 0.943. The molecule has 0 unspecified atom stereocenters. The third-order valence-corrected chi connectivity index (χ3v) is 2.08. The van der Waals surface area contributed by atoms with Gasteiger partial charge in [-0.25, -0.2) is 0 Å². The summed E-state index contributed by atoms with van der Waals surface area (Å²) in [5, 5.41) is 3.36. The minimum absolute atomic E-state index is 0.289. The van der Waals surface area contributed by atoms with Gasteiger partial charge in [0.1, 0.15) is 0 Å². The zero-order valence-corrected chi connectivity index (χ0v) is 9.02. The van der Waals surface area contributed by atoms with Gasteiger partial charge in [-0.3, -0.25) is 10.9 Å². The standard InChI is InChI=1S/C7H15ClN6/c1-10-3-4-14(2)7-11-6(9)5(8)12-13-7/h10,12H,3-4,9H2,1-2H3,(H,11,13). The summed E-state index contributed by atoms with van der Waals surface area (Å²) in [4.78, 5) is 6.01. The van der Waals surface area contributed by atoms with Crippen molar-refractivity contribution in [2.24, 2.45) is 10.7 Å². The highest BCUT2D eigenvalue weighted by atomic mass is 35.5. The fourth-order valence-corrected chi connectivity index (χ4v) is 1.02. The molecule has 0 amide bonds. The Morgan fingerprint density at radius 1 is 1.57 bits per heavy atom. The number of likely N-dealkylation sites (N-methyl/N-ethyl adjacent to an activating group) is 2. The monoisotopic (exact) mass is 218 g/mol. The van der Waals surface area contributed by atoms with Crippen LogP contribution in [0.2, 0.25) is 0 Å². The van der Waals surface area contributed by atoms with E-state index in [2.05, 4.69) is 21.2 Å². The summed E-state index contributed by atoms with van der Waals surface area (Å²) in [7, 11) is 3.81.